The van der Waals surface area contributed by atoms with Gasteiger partial charge in [-0.3, -0.25) is 9.10 Å². The summed E-state index contributed by atoms with van der Waals surface area (Å²) in [5, 5.41) is 3.94. The number of amides is 1. The number of methoxy groups -OCH3 is 2. The molecule has 0 aliphatic rings. The van der Waals surface area contributed by atoms with Crippen molar-refractivity contribution in [1.82, 2.24) is 5.43 Å². The molecule has 3 rings (SSSR count). The number of ether oxygens (including phenoxy) is 3. The van der Waals surface area contributed by atoms with Crippen LogP contribution in [0.15, 0.2) is 77.9 Å². The fourth-order valence-corrected chi connectivity index (χ4v) is 4.02. The Kier molecular flexibility index (Phi) is 8.63. The molecule has 1 amide bonds. The molecule has 36 heavy (non-hydrogen) atoms. The number of para-hydroxylation sites is 1. The maximum absolute atomic E-state index is 12.5. The van der Waals surface area contributed by atoms with Gasteiger partial charge in [0.15, 0.2) is 11.5 Å². The number of hydrogen-bond acceptors (Lipinski definition) is 8. The van der Waals surface area contributed by atoms with E-state index in [1.807, 2.05) is 6.07 Å². The number of nitrogens with one attached hydrogen (secondary N) is 1. The van der Waals surface area contributed by atoms with Gasteiger partial charge in [-0.1, -0.05) is 30.3 Å². The molecule has 0 heterocycles. The van der Waals surface area contributed by atoms with Gasteiger partial charge in [-0.25, -0.2) is 18.6 Å². The second kappa shape index (κ2) is 11.8. The van der Waals surface area contributed by atoms with Gasteiger partial charge in [0.25, 0.3) is 5.91 Å². The minimum Gasteiger partial charge on any atom is -0.493 e. The SMILES string of the molecule is COC(=O)Oc1ccc(/C=N\NC(=O)c2ccc(CN(c3ccccc3)S(C)(=O)=O)cc2)cc1OC. The van der Waals surface area contributed by atoms with Crippen LogP contribution in [0.4, 0.5) is 10.5 Å². The predicted molar refractivity (Wildman–Crippen MR) is 135 cm³/mol. The van der Waals surface area contributed by atoms with E-state index in [4.69, 9.17) is 9.47 Å². The Bertz CT molecular complexity index is 1340. The van der Waals surface area contributed by atoms with Gasteiger partial charge in [0, 0.05) is 5.56 Å². The van der Waals surface area contributed by atoms with Gasteiger partial charge in [-0.05, 0) is 53.6 Å². The lowest BCUT2D eigenvalue weighted by Gasteiger charge is -2.22. The Hall–Kier alpha value is -4.38. The van der Waals surface area contributed by atoms with E-state index in [2.05, 4.69) is 15.3 Å². The Morgan fingerprint density at radius 3 is 2.28 bits per heavy atom. The minimum absolute atomic E-state index is 0.125. The molecule has 0 bridgehead atoms. The summed E-state index contributed by atoms with van der Waals surface area (Å²) in [6.07, 6.45) is 1.67. The predicted octanol–water partition coefficient (Wildman–Crippen LogP) is 3.57. The zero-order valence-electron chi connectivity index (χ0n) is 19.9. The maximum Gasteiger partial charge on any atom is 0.513 e. The first-order chi connectivity index (χ1) is 17.2. The molecule has 0 fully saturated rings. The van der Waals surface area contributed by atoms with Crippen LogP contribution < -0.4 is 19.2 Å². The van der Waals surface area contributed by atoms with Crippen LogP contribution >= 0.6 is 0 Å². The van der Waals surface area contributed by atoms with Gasteiger partial charge in [0.05, 0.1) is 38.9 Å². The summed E-state index contributed by atoms with van der Waals surface area (Å²) in [4.78, 5) is 23.7. The van der Waals surface area contributed by atoms with E-state index in [0.717, 1.165) is 6.26 Å². The van der Waals surface area contributed by atoms with Crippen LogP contribution in [0.1, 0.15) is 21.5 Å². The molecule has 0 unspecified atom stereocenters. The van der Waals surface area contributed by atoms with Crippen LogP contribution in [-0.2, 0) is 21.3 Å². The minimum atomic E-state index is -3.50. The highest BCUT2D eigenvalue weighted by atomic mass is 32.2. The van der Waals surface area contributed by atoms with Crippen LogP contribution in [0.25, 0.3) is 0 Å². The standard InChI is InChI=1S/C25H25N3O7S/c1-33-23-15-19(11-14-22(23)35-25(30)34-2)16-26-27-24(29)20-12-9-18(10-13-20)17-28(36(3,31)32)21-7-5-4-6-8-21/h4-16H,17H2,1-3H3,(H,27,29)/b26-16-. The molecule has 0 aliphatic heterocycles. The van der Waals surface area contributed by atoms with E-state index in [0.29, 0.717) is 22.4 Å². The molecule has 0 aromatic heterocycles. The Labute approximate surface area is 209 Å². The first-order valence-corrected chi connectivity index (χ1v) is 12.4. The van der Waals surface area contributed by atoms with E-state index < -0.39 is 22.1 Å². The van der Waals surface area contributed by atoms with E-state index in [-0.39, 0.29) is 18.0 Å². The Balaban J connectivity index is 1.64. The summed E-state index contributed by atoms with van der Waals surface area (Å²) in [7, 11) is -0.888. The summed E-state index contributed by atoms with van der Waals surface area (Å²) in [6.45, 7) is 0.125. The number of rotatable bonds is 9. The number of carbonyl (C=O) groups excluding carboxylic acids is 2. The largest absolute Gasteiger partial charge is 0.513 e. The molecule has 0 aliphatic carbocycles. The molecule has 1 N–H and O–H groups in total. The topological polar surface area (TPSA) is 124 Å². The molecule has 0 saturated heterocycles. The van der Waals surface area contributed by atoms with Crippen LogP contribution in [0.5, 0.6) is 11.5 Å². The van der Waals surface area contributed by atoms with Crippen molar-refractivity contribution in [3.63, 3.8) is 0 Å². The summed E-state index contributed by atoms with van der Waals surface area (Å²) >= 11 is 0. The lowest BCUT2D eigenvalue weighted by Crippen LogP contribution is -2.29. The van der Waals surface area contributed by atoms with Crippen molar-refractivity contribution >= 4 is 34.0 Å². The number of hydrazone groups is 1. The zero-order chi connectivity index (χ0) is 26.1. The molecule has 0 saturated carbocycles. The lowest BCUT2D eigenvalue weighted by atomic mass is 10.1. The molecular formula is C25H25N3O7S. The van der Waals surface area contributed by atoms with Crippen LogP contribution in [0.2, 0.25) is 0 Å². The lowest BCUT2D eigenvalue weighted by molar-refractivity contribution is 0.0954. The number of hydrogen-bond donors (Lipinski definition) is 1. The maximum atomic E-state index is 12.5. The smallest absolute Gasteiger partial charge is 0.493 e. The molecule has 3 aromatic rings. The highest BCUT2D eigenvalue weighted by molar-refractivity contribution is 7.92. The molecule has 0 atom stereocenters. The summed E-state index contributed by atoms with van der Waals surface area (Å²) < 4.78 is 40.5. The number of benzene rings is 3. The molecule has 0 radical (unpaired) electrons. The zero-order valence-corrected chi connectivity index (χ0v) is 20.7. The summed E-state index contributed by atoms with van der Waals surface area (Å²) in [5.74, 6) is 0.00988. The van der Waals surface area contributed by atoms with Crippen molar-refractivity contribution < 1.29 is 32.2 Å². The highest BCUT2D eigenvalue weighted by Gasteiger charge is 2.18. The van der Waals surface area contributed by atoms with Gasteiger partial charge in [0.2, 0.25) is 10.0 Å². The third kappa shape index (κ3) is 7.06. The summed E-state index contributed by atoms with van der Waals surface area (Å²) in [5.41, 5.74) is 4.63. The monoisotopic (exact) mass is 511 g/mol. The first-order valence-electron chi connectivity index (χ1n) is 10.6. The fourth-order valence-electron chi connectivity index (χ4n) is 3.13. The van der Waals surface area contributed by atoms with Crippen molar-refractivity contribution in [3.8, 4) is 11.5 Å². The quantitative estimate of drug-likeness (QED) is 0.202. The third-order valence-corrected chi connectivity index (χ3v) is 6.05. The van der Waals surface area contributed by atoms with Crippen molar-refractivity contribution in [3.05, 3.63) is 89.5 Å². The number of nitrogens with zero attached hydrogens (tertiary/aromatic N) is 2. The molecule has 3 aromatic carbocycles. The van der Waals surface area contributed by atoms with Gasteiger partial charge >= 0.3 is 6.16 Å². The normalized spacial score (nSPS) is 11.1. The molecule has 10 nitrogen and oxygen atoms in total. The second-order valence-electron chi connectivity index (χ2n) is 7.47. The van der Waals surface area contributed by atoms with Gasteiger partial charge in [-0.15, -0.1) is 0 Å². The fraction of sp³-hybridized carbons (Fsp3) is 0.160. The van der Waals surface area contributed by atoms with Crippen molar-refractivity contribution in [2.75, 3.05) is 24.8 Å². The molecule has 188 valence electrons. The average Bonchev–Trinajstić information content (AvgIpc) is 2.88. The third-order valence-electron chi connectivity index (χ3n) is 4.91. The van der Waals surface area contributed by atoms with E-state index >= 15 is 0 Å². The van der Waals surface area contributed by atoms with E-state index in [1.165, 1.54) is 30.8 Å². The highest BCUT2D eigenvalue weighted by Crippen LogP contribution is 2.28. The molecule has 0 spiro atoms. The van der Waals surface area contributed by atoms with Crippen molar-refractivity contribution in [1.29, 1.82) is 0 Å². The molecule has 11 heteroatoms. The number of anilines is 1. The van der Waals surface area contributed by atoms with Crippen molar-refractivity contribution in [2.45, 2.75) is 6.54 Å². The number of carbonyl (C=O) groups is 2. The van der Waals surface area contributed by atoms with Crippen LogP contribution in [0, 0.1) is 0 Å². The van der Waals surface area contributed by atoms with E-state index in [1.54, 1.807) is 60.7 Å². The van der Waals surface area contributed by atoms with Crippen LogP contribution in [0.3, 0.4) is 0 Å². The van der Waals surface area contributed by atoms with Crippen molar-refractivity contribution in [2.24, 2.45) is 5.10 Å². The van der Waals surface area contributed by atoms with Gasteiger partial charge < -0.3 is 14.2 Å². The van der Waals surface area contributed by atoms with E-state index in [9.17, 15) is 18.0 Å². The summed E-state index contributed by atoms with van der Waals surface area (Å²) in [6, 6.07) is 20.0. The Morgan fingerprint density at radius 1 is 0.972 bits per heavy atom. The average molecular weight is 512 g/mol. The van der Waals surface area contributed by atoms with Gasteiger partial charge in [0.1, 0.15) is 0 Å². The first kappa shape index (κ1) is 26.2. The Morgan fingerprint density at radius 2 is 1.67 bits per heavy atom. The second-order valence-corrected chi connectivity index (χ2v) is 9.37. The van der Waals surface area contributed by atoms with Gasteiger partial charge in [-0.2, -0.15) is 5.10 Å². The van der Waals surface area contributed by atoms with Crippen LogP contribution in [-0.4, -0.2) is 47.2 Å². The number of sulfonamides is 1. The molecular weight excluding hydrogens is 486 g/mol.